The Hall–Kier alpha value is -1.11. The maximum atomic E-state index is 12.8. The van der Waals surface area contributed by atoms with Crippen molar-refractivity contribution in [3.63, 3.8) is 0 Å². The first kappa shape index (κ1) is 13.0. The minimum absolute atomic E-state index is 0.206. The van der Waals surface area contributed by atoms with E-state index in [4.69, 9.17) is 5.11 Å². The molecular weight excluding hydrogens is 296 g/mol. The van der Waals surface area contributed by atoms with Crippen LogP contribution in [-0.4, -0.2) is 11.1 Å². The Labute approximate surface area is 96.0 Å². The van der Waals surface area contributed by atoms with Crippen molar-refractivity contribution in [1.82, 2.24) is 0 Å². The van der Waals surface area contributed by atoms with E-state index in [0.29, 0.717) is 0 Å². The third kappa shape index (κ3) is 2.94. The van der Waals surface area contributed by atoms with Crippen molar-refractivity contribution in [1.29, 1.82) is 0 Å². The van der Waals surface area contributed by atoms with E-state index in [-0.39, 0.29) is 10.5 Å². The maximum absolute atomic E-state index is 12.8. The van der Waals surface area contributed by atoms with Crippen LogP contribution in [0.1, 0.15) is 11.1 Å². The van der Waals surface area contributed by atoms with Gasteiger partial charge >= 0.3 is 12.1 Å². The van der Waals surface area contributed by atoms with Crippen molar-refractivity contribution in [3.05, 3.63) is 33.5 Å². The van der Waals surface area contributed by atoms with E-state index in [9.17, 15) is 22.4 Å². The second-order valence-corrected chi connectivity index (χ2v) is 3.84. The normalized spacial score (nSPS) is 11.6. The Morgan fingerprint density at radius 3 is 2.38 bits per heavy atom. The monoisotopic (exact) mass is 300 g/mol. The van der Waals surface area contributed by atoms with Crippen molar-refractivity contribution < 1.29 is 27.5 Å². The lowest BCUT2D eigenvalue weighted by atomic mass is 10.0. The fourth-order valence-corrected chi connectivity index (χ4v) is 1.76. The van der Waals surface area contributed by atoms with E-state index < -0.39 is 35.5 Å². The van der Waals surface area contributed by atoms with Gasteiger partial charge in [0.05, 0.1) is 12.0 Å². The average molecular weight is 301 g/mol. The molecule has 0 bridgehead atoms. The minimum Gasteiger partial charge on any atom is -0.481 e. The highest BCUT2D eigenvalue weighted by Crippen LogP contribution is 2.36. The molecule has 2 nitrogen and oxygen atoms in total. The van der Waals surface area contributed by atoms with E-state index in [1.807, 2.05) is 0 Å². The van der Waals surface area contributed by atoms with Crippen LogP contribution in [0.25, 0.3) is 0 Å². The van der Waals surface area contributed by atoms with Crippen LogP contribution in [0.15, 0.2) is 16.6 Å². The van der Waals surface area contributed by atoms with Crippen LogP contribution in [0.3, 0.4) is 0 Å². The van der Waals surface area contributed by atoms with Crippen LogP contribution in [0.4, 0.5) is 17.6 Å². The standard InChI is InChI=1S/C9H5BrF4O2/c10-7-2-4(11)1-6(9(12,13)14)5(7)3-8(15)16/h1-2H,3H2,(H,15,16). The fraction of sp³-hybridized carbons (Fsp3) is 0.222. The lowest BCUT2D eigenvalue weighted by Gasteiger charge is -2.13. The summed E-state index contributed by atoms with van der Waals surface area (Å²) in [5.74, 6) is -2.49. The molecule has 0 atom stereocenters. The number of benzene rings is 1. The van der Waals surface area contributed by atoms with E-state index in [0.717, 1.165) is 6.07 Å². The Morgan fingerprint density at radius 2 is 1.94 bits per heavy atom. The summed E-state index contributed by atoms with van der Waals surface area (Å²) in [7, 11) is 0. The molecule has 7 heteroatoms. The lowest BCUT2D eigenvalue weighted by Crippen LogP contribution is -2.13. The summed E-state index contributed by atoms with van der Waals surface area (Å²) in [5, 5.41) is 8.47. The van der Waals surface area contributed by atoms with Crippen molar-refractivity contribution in [2.24, 2.45) is 0 Å². The van der Waals surface area contributed by atoms with Gasteiger partial charge in [-0.05, 0) is 17.7 Å². The van der Waals surface area contributed by atoms with Crippen LogP contribution in [0.2, 0.25) is 0 Å². The molecule has 0 saturated heterocycles. The van der Waals surface area contributed by atoms with Gasteiger partial charge in [0.25, 0.3) is 0 Å². The number of rotatable bonds is 2. The van der Waals surface area contributed by atoms with Gasteiger partial charge in [0, 0.05) is 4.47 Å². The third-order valence-electron chi connectivity index (χ3n) is 1.79. The average Bonchev–Trinajstić information content (AvgIpc) is 2.06. The molecule has 0 aromatic heterocycles. The van der Waals surface area contributed by atoms with Crippen LogP contribution in [0, 0.1) is 5.82 Å². The smallest absolute Gasteiger partial charge is 0.416 e. The Bertz CT molecular complexity index is 428. The quantitative estimate of drug-likeness (QED) is 0.852. The van der Waals surface area contributed by atoms with Gasteiger partial charge in [-0.2, -0.15) is 13.2 Å². The Balaban J connectivity index is 3.38. The summed E-state index contributed by atoms with van der Waals surface area (Å²) in [6.45, 7) is 0. The van der Waals surface area contributed by atoms with Gasteiger partial charge in [-0.25, -0.2) is 4.39 Å². The highest BCUT2D eigenvalue weighted by Gasteiger charge is 2.35. The number of carbonyl (C=O) groups is 1. The van der Waals surface area contributed by atoms with Crippen molar-refractivity contribution >= 4 is 21.9 Å². The topological polar surface area (TPSA) is 37.3 Å². The number of carboxylic acid groups (broad SMARTS) is 1. The molecule has 0 amide bonds. The summed E-state index contributed by atoms with van der Waals surface area (Å²) in [5.41, 5.74) is -1.76. The zero-order valence-corrected chi connectivity index (χ0v) is 9.19. The summed E-state index contributed by atoms with van der Waals surface area (Å²) < 4.78 is 50.0. The molecule has 1 rings (SSSR count). The summed E-state index contributed by atoms with van der Waals surface area (Å²) >= 11 is 2.72. The zero-order valence-electron chi connectivity index (χ0n) is 7.61. The molecule has 0 fully saturated rings. The van der Waals surface area contributed by atoms with Gasteiger partial charge in [0.1, 0.15) is 5.82 Å². The molecule has 0 radical (unpaired) electrons. The van der Waals surface area contributed by atoms with Gasteiger partial charge < -0.3 is 5.11 Å². The molecule has 16 heavy (non-hydrogen) atoms. The number of hydrogen-bond donors (Lipinski definition) is 1. The third-order valence-corrected chi connectivity index (χ3v) is 2.50. The molecule has 0 aliphatic rings. The SMILES string of the molecule is O=C(O)Cc1c(Br)cc(F)cc1C(F)(F)F. The van der Waals surface area contributed by atoms with Crippen LogP contribution in [-0.2, 0) is 17.4 Å². The maximum Gasteiger partial charge on any atom is 0.416 e. The number of hydrogen-bond acceptors (Lipinski definition) is 1. The number of aliphatic carboxylic acids is 1. The predicted molar refractivity (Wildman–Crippen MR) is 50.4 cm³/mol. The Morgan fingerprint density at radius 1 is 1.38 bits per heavy atom. The predicted octanol–water partition coefficient (Wildman–Crippen LogP) is 3.23. The van der Waals surface area contributed by atoms with Gasteiger partial charge in [-0.15, -0.1) is 0 Å². The molecule has 0 heterocycles. The summed E-state index contributed by atoms with van der Waals surface area (Å²) in [4.78, 5) is 10.4. The van der Waals surface area contributed by atoms with Gasteiger partial charge in [0.15, 0.2) is 0 Å². The molecule has 0 aliphatic carbocycles. The summed E-state index contributed by atoms with van der Waals surface area (Å²) in [6.07, 6.45) is -5.61. The second-order valence-electron chi connectivity index (χ2n) is 2.98. The lowest BCUT2D eigenvalue weighted by molar-refractivity contribution is -0.139. The fourth-order valence-electron chi connectivity index (χ4n) is 1.19. The first-order chi connectivity index (χ1) is 7.21. The first-order valence-corrected chi connectivity index (χ1v) is 4.78. The molecule has 1 aromatic rings. The Kier molecular flexibility index (Phi) is 3.57. The minimum atomic E-state index is -4.78. The largest absolute Gasteiger partial charge is 0.481 e. The van der Waals surface area contributed by atoms with Crippen LogP contribution >= 0.6 is 15.9 Å². The van der Waals surface area contributed by atoms with Gasteiger partial charge in [-0.3, -0.25) is 4.79 Å². The molecule has 0 aliphatic heterocycles. The highest BCUT2D eigenvalue weighted by molar-refractivity contribution is 9.10. The van der Waals surface area contributed by atoms with E-state index in [2.05, 4.69) is 15.9 Å². The van der Waals surface area contributed by atoms with Crippen molar-refractivity contribution in [3.8, 4) is 0 Å². The molecule has 1 aromatic carbocycles. The molecule has 1 N–H and O–H groups in total. The van der Waals surface area contributed by atoms with Gasteiger partial charge in [-0.1, -0.05) is 15.9 Å². The zero-order chi connectivity index (χ0) is 12.5. The molecule has 0 spiro atoms. The highest BCUT2D eigenvalue weighted by atomic mass is 79.9. The second kappa shape index (κ2) is 4.40. The number of carboxylic acids is 1. The van der Waals surface area contributed by atoms with E-state index in [1.165, 1.54) is 0 Å². The van der Waals surface area contributed by atoms with Crippen LogP contribution in [0.5, 0.6) is 0 Å². The van der Waals surface area contributed by atoms with Crippen molar-refractivity contribution in [2.75, 3.05) is 0 Å². The number of halogens is 5. The van der Waals surface area contributed by atoms with E-state index in [1.54, 1.807) is 0 Å². The summed E-state index contributed by atoms with van der Waals surface area (Å²) in [6, 6.07) is 1.08. The molecular formula is C9H5BrF4O2. The molecule has 0 saturated carbocycles. The molecule has 0 unspecified atom stereocenters. The van der Waals surface area contributed by atoms with Gasteiger partial charge in [0.2, 0.25) is 0 Å². The molecule has 88 valence electrons. The van der Waals surface area contributed by atoms with E-state index >= 15 is 0 Å². The van der Waals surface area contributed by atoms with Crippen LogP contribution < -0.4 is 0 Å². The first-order valence-electron chi connectivity index (χ1n) is 3.98. The number of alkyl halides is 3. The van der Waals surface area contributed by atoms with Crippen molar-refractivity contribution in [2.45, 2.75) is 12.6 Å².